The molecule has 0 heterocycles. The number of benzene rings is 1. The van der Waals surface area contributed by atoms with Crippen molar-refractivity contribution < 1.29 is 9.18 Å². The normalized spacial score (nSPS) is 19.6. The summed E-state index contributed by atoms with van der Waals surface area (Å²) in [7, 11) is 0. The maximum Gasteiger partial charge on any atom is 0.191 e. The van der Waals surface area contributed by atoms with E-state index >= 15 is 0 Å². The summed E-state index contributed by atoms with van der Waals surface area (Å²) < 4.78 is 13.7. The van der Waals surface area contributed by atoms with Gasteiger partial charge in [-0.1, -0.05) is 30.5 Å². The topological polar surface area (TPSA) is 17.1 Å². The molecule has 96 valence electrons. The number of ketones is 1. The van der Waals surface area contributed by atoms with E-state index in [9.17, 15) is 9.18 Å². The van der Waals surface area contributed by atoms with Gasteiger partial charge in [-0.25, -0.2) is 4.39 Å². The number of Topliss-reactive ketones (excluding diaryl/α,β-unsaturated/α-hetero) is 1. The molecule has 1 aromatic rings. The van der Waals surface area contributed by atoms with Crippen LogP contribution in [0.1, 0.15) is 54.4 Å². The Morgan fingerprint density at radius 2 is 1.94 bits per heavy atom. The molecule has 2 heteroatoms. The van der Waals surface area contributed by atoms with E-state index in [1.165, 1.54) is 18.9 Å². The van der Waals surface area contributed by atoms with Crippen LogP contribution in [0.4, 0.5) is 4.39 Å². The van der Waals surface area contributed by atoms with Gasteiger partial charge in [0.25, 0.3) is 0 Å². The lowest BCUT2D eigenvalue weighted by Crippen LogP contribution is -2.08. The number of allylic oxidation sites excluding steroid dienone is 2. The van der Waals surface area contributed by atoms with Crippen molar-refractivity contribution in [1.82, 2.24) is 0 Å². The first kappa shape index (κ1) is 13.0. The van der Waals surface area contributed by atoms with Crippen molar-refractivity contribution >= 4 is 5.78 Å². The summed E-state index contributed by atoms with van der Waals surface area (Å²) in [6.45, 7) is 1.88. The maximum atomic E-state index is 13.7. The Labute approximate surface area is 108 Å². The molecule has 0 atom stereocenters. The Kier molecular flexibility index (Phi) is 4.29. The van der Waals surface area contributed by atoms with E-state index in [0.717, 1.165) is 36.8 Å². The third kappa shape index (κ3) is 3.06. The van der Waals surface area contributed by atoms with E-state index in [1.807, 2.05) is 13.0 Å². The lowest BCUT2D eigenvalue weighted by Gasteiger charge is -2.11. The van der Waals surface area contributed by atoms with Gasteiger partial charge in [0, 0.05) is 0 Å². The van der Waals surface area contributed by atoms with E-state index in [2.05, 4.69) is 0 Å². The average molecular weight is 246 g/mol. The van der Waals surface area contributed by atoms with Crippen LogP contribution in [-0.2, 0) is 0 Å². The number of hydrogen-bond donors (Lipinski definition) is 0. The van der Waals surface area contributed by atoms with Crippen molar-refractivity contribution in [3.8, 4) is 0 Å². The standard InChI is InChI=1S/C16H19FO/c1-12-9-10-15(17)14(11-12)16(18)13-7-5-3-2-4-6-8-13/h7,9-11H,2-6,8H2,1H3/b13-7+. The van der Waals surface area contributed by atoms with Gasteiger partial charge in [0.2, 0.25) is 0 Å². The molecule has 0 radical (unpaired) electrons. The zero-order valence-corrected chi connectivity index (χ0v) is 10.8. The Hall–Kier alpha value is -1.44. The van der Waals surface area contributed by atoms with Gasteiger partial charge in [0.05, 0.1) is 5.56 Å². The molecule has 1 aliphatic rings. The molecule has 18 heavy (non-hydrogen) atoms. The predicted octanol–water partition coefficient (Wildman–Crippen LogP) is 4.60. The molecule has 0 spiro atoms. The minimum atomic E-state index is -0.409. The number of carbonyl (C=O) groups is 1. The molecule has 1 aliphatic carbocycles. The summed E-state index contributed by atoms with van der Waals surface area (Å²) in [5, 5.41) is 0. The fourth-order valence-corrected chi connectivity index (χ4v) is 2.38. The molecule has 0 bridgehead atoms. The molecule has 1 nitrogen and oxygen atoms in total. The van der Waals surface area contributed by atoms with Gasteiger partial charge in [-0.15, -0.1) is 0 Å². The van der Waals surface area contributed by atoms with Crippen LogP contribution in [0.25, 0.3) is 0 Å². The van der Waals surface area contributed by atoms with Crippen LogP contribution < -0.4 is 0 Å². The van der Waals surface area contributed by atoms with Crippen molar-refractivity contribution in [3.63, 3.8) is 0 Å². The van der Waals surface area contributed by atoms with Gasteiger partial charge in [-0.2, -0.15) is 0 Å². The fourth-order valence-electron chi connectivity index (χ4n) is 2.38. The zero-order chi connectivity index (χ0) is 13.0. The first-order valence-corrected chi connectivity index (χ1v) is 6.68. The van der Waals surface area contributed by atoms with Gasteiger partial charge >= 0.3 is 0 Å². The molecule has 1 aromatic carbocycles. The van der Waals surface area contributed by atoms with E-state index in [-0.39, 0.29) is 11.3 Å². The second-order valence-corrected chi connectivity index (χ2v) is 4.99. The van der Waals surface area contributed by atoms with Crippen LogP contribution >= 0.6 is 0 Å². The van der Waals surface area contributed by atoms with Crippen LogP contribution in [0, 0.1) is 12.7 Å². The number of hydrogen-bond acceptors (Lipinski definition) is 1. The third-order valence-electron chi connectivity index (χ3n) is 3.45. The van der Waals surface area contributed by atoms with Gasteiger partial charge < -0.3 is 0 Å². The summed E-state index contributed by atoms with van der Waals surface area (Å²) in [5.74, 6) is -0.536. The summed E-state index contributed by atoms with van der Waals surface area (Å²) in [4.78, 5) is 12.3. The highest BCUT2D eigenvalue weighted by Gasteiger charge is 2.16. The first-order valence-electron chi connectivity index (χ1n) is 6.68. The SMILES string of the molecule is Cc1ccc(F)c(C(=O)/C2=C/CCCCCC2)c1. The monoisotopic (exact) mass is 246 g/mol. The summed E-state index contributed by atoms with van der Waals surface area (Å²) in [5.41, 5.74) is 1.94. The van der Waals surface area contributed by atoms with Crippen LogP contribution in [-0.4, -0.2) is 5.78 Å². The van der Waals surface area contributed by atoms with Gasteiger partial charge in [0.1, 0.15) is 5.82 Å². The number of rotatable bonds is 2. The molecule has 0 amide bonds. The molecule has 0 fully saturated rings. The number of carbonyl (C=O) groups excluding carboxylic acids is 1. The quantitative estimate of drug-likeness (QED) is 0.697. The molecule has 0 N–H and O–H groups in total. The smallest absolute Gasteiger partial charge is 0.191 e. The van der Waals surface area contributed by atoms with Crippen LogP contribution in [0.3, 0.4) is 0 Å². The van der Waals surface area contributed by atoms with Crippen LogP contribution in [0.5, 0.6) is 0 Å². The minimum absolute atomic E-state index is 0.127. The van der Waals surface area contributed by atoms with Crippen molar-refractivity contribution in [3.05, 3.63) is 46.8 Å². The third-order valence-corrected chi connectivity index (χ3v) is 3.45. The second-order valence-electron chi connectivity index (χ2n) is 4.99. The maximum absolute atomic E-state index is 13.7. The van der Waals surface area contributed by atoms with E-state index < -0.39 is 5.82 Å². The molecular formula is C16H19FO. The van der Waals surface area contributed by atoms with E-state index in [0.29, 0.717) is 0 Å². The average Bonchev–Trinajstić information content (AvgIpc) is 2.31. The summed E-state index contributed by atoms with van der Waals surface area (Å²) >= 11 is 0. The van der Waals surface area contributed by atoms with Crippen molar-refractivity contribution in [2.75, 3.05) is 0 Å². The van der Waals surface area contributed by atoms with Crippen molar-refractivity contribution in [1.29, 1.82) is 0 Å². The highest BCUT2D eigenvalue weighted by molar-refractivity contribution is 6.08. The highest BCUT2D eigenvalue weighted by Crippen LogP contribution is 2.22. The van der Waals surface area contributed by atoms with Crippen molar-refractivity contribution in [2.24, 2.45) is 0 Å². The molecule has 0 saturated carbocycles. The first-order chi connectivity index (χ1) is 8.68. The van der Waals surface area contributed by atoms with Crippen LogP contribution in [0.2, 0.25) is 0 Å². The molecular weight excluding hydrogens is 227 g/mol. The highest BCUT2D eigenvalue weighted by atomic mass is 19.1. The Morgan fingerprint density at radius 1 is 1.17 bits per heavy atom. The number of halogens is 1. The summed E-state index contributed by atoms with van der Waals surface area (Å²) in [6, 6.07) is 4.72. The molecule has 2 rings (SSSR count). The number of aryl methyl sites for hydroxylation is 1. The van der Waals surface area contributed by atoms with Crippen LogP contribution in [0.15, 0.2) is 29.8 Å². The lowest BCUT2D eigenvalue weighted by atomic mass is 9.93. The van der Waals surface area contributed by atoms with Gasteiger partial charge in [-0.3, -0.25) is 4.79 Å². The lowest BCUT2D eigenvalue weighted by molar-refractivity contribution is 0.102. The van der Waals surface area contributed by atoms with Crippen molar-refractivity contribution in [2.45, 2.75) is 45.4 Å². The molecule has 0 unspecified atom stereocenters. The largest absolute Gasteiger partial charge is 0.289 e. The molecule has 0 aromatic heterocycles. The zero-order valence-electron chi connectivity index (χ0n) is 10.8. The Balaban J connectivity index is 2.26. The Morgan fingerprint density at radius 3 is 2.78 bits per heavy atom. The second kappa shape index (κ2) is 5.94. The predicted molar refractivity (Wildman–Crippen MR) is 71.3 cm³/mol. The van der Waals surface area contributed by atoms with E-state index in [1.54, 1.807) is 12.1 Å². The Bertz CT molecular complexity index is 474. The van der Waals surface area contributed by atoms with Gasteiger partial charge in [0.15, 0.2) is 5.78 Å². The fraction of sp³-hybridized carbons (Fsp3) is 0.438. The molecule has 0 aliphatic heterocycles. The summed E-state index contributed by atoms with van der Waals surface area (Å²) in [6.07, 6.45) is 8.29. The van der Waals surface area contributed by atoms with E-state index in [4.69, 9.17) is 0 Å². The minimum Gasteiger partial charge on any atom is -0.289 e. The van der Waals surface area contributed by atoms with Gasteiger partial charge in [-0.05, 0) is 50.3 Å². The molecule has 0 saturated heterocycles.